The van der Waals surface area contributed by atoms with Crippen molar-refractivity contribution < 1.29 is 12.4 Å². The number of hydrogen-bond acceptors (Lipinski definition) is 3. The van der Waals surface area contributed by atoms with Crippen molar-refractivity contribution >= 4 is 16.9 Å². The number of thioether (sulfide) groups is 1. The summed E-state index contributed by atoms with van der Waals surface area (Å²) in [6, 6.07) is 8.30. The van der Waals surface area contributed by atoms with Crippen LogP contribution in [0.2, 0.25) is 0 Å². The third-order valence-electron chi connectivity index (χ3n) is 1.63. The maximum absolute atomic E-state index is 5.44. The van der Waals surface area contributed by atoms with Crippen LogP contribution >= 0.6 is 11.8 Å². The molecular weight excluding hydrogens is 218 g/mol. The fourth-order valence-electron chi connectivity index (χ4n) is 0.879. The van der Waals surface area contributed by atoms with Crippen LogP contribution in [-0.2, 0) is 5.75 Å². The highest BCUT2D eigenvalue weighted by Crippen LogP contribution is 2.12. The molecule has 1 aromatic rings. The third kappa shape index (κ3) is 4.39. The van der Waals surface area contributed by atoms with Gasteiger partial charge in [0.25, 0.3) is 0 Å². The topological polar surface area (TPSA) is 64.4 Å². The Morgan fingerprint density at radius 1 is 1.36 bits per heavy atom. The van der Waals surface area contributed by atoms with Crippen LogP contribution in [0.1, 0.15) is 11.1 Å². The monoisotopic (exact) mass is 230 g/mol. The van der Waals surface area contributed by atoms with E-state index in [9.17, 15) is 0 Å². The molecule has 1 rings (SSSR count). The minimum Gasteiger partial charge on any atom is -1.00 e. The number of nitrogens with two attached hydrogens (primary N) is 2. The Balaban J connectivity index is 0.00000169. The predicted molar refractivity (Wildman–Crippen MR) is 58.3 cm³/mol. The number of nitrogens with zero attached hydrogens (tertiary/aromatic N) is 1. The van der Waals surface area contributed by atoms with Crippen molar-refractivity contribution in [3.05, 3.63) is 35.4 Å². The molecule has 1 aromatic carbocycles. The van der Waals surface area contributed by atoms with Crippen LogP contribution < -0.4 is 24.0 Å². The minimum absolute atomic E-state index is 0. The van der Waals surface area contributed by atoms with E-state index >= 15 is 0 Å². The maximum Gasteiger partial charge on any atom is 0.177 e. The van der Waals surface area contributed by atoms with E-state index in [2.05, 4.69) is 36.3 Å². The lowest BCUT2D eigenvalue weighted by molar-refractivity contribution is -0.00000290. The van der Waals surface area contributed by atoms with Gasteiger partial charge in [0.15, 0.2) is 5.17 Å². The lowest BCUT2D eigenvalue weighted by Gasteiger charge is -2.00. The molecule has 0 aromatic heterocycles. The van der Waals surface area contributed by atoms with E-state index in [1.807, 2.05) is 0 Å². The van der Waals surface area contributed by atoms with Gasteiger partial charge in [0.05, 0.1) is 0 Å². The average Bonchev–Trinajstić information content (AvgIpc) is 2.16. The number of benzene rings is 1. The number of aryl methyl sites for hydroxylation is 1. The quantitative estimate of drug-likeness (QED) is 0.279. The molecular formula is C9H13ClN3S-. The zero-order valence-corrected chi connectivity index (χ0v) is 9.48. The van der Waals surface area contributed by atoms with Gasteiger partial charge in [-0.25, -0.2) is 0 Å². The van der Waals surface area contributed by atoms with Crippen LogP contribution in [0.25, 0.3) is 0 Å². The van der Waals surface area contributed by atoms with Crippen LogP contribution in [0, 0.1) is 6.92 Å². The van der Waals surface area contributed by atoms with Crippen molar-refractivity contribution in [2.24, 2.45) is 16.7 Å². The Morgan fingerprint density at radius 3 is 2.43 bits per heavy atom. The van der Waals surface area contributed by atoms with Gasteiger partial charge in [0.2, 0.25) is 0 Å². The van der Waals surface area contributed by atoms with Crippen molar-refractivity contribution in [2.45, 2.75) is 12.7 Å². The van der Waals surface area contributed by atoms with E-state index in [1.54, 1.807) is 0 Å². The summed E-state index contributed by atoms with van der Waals surface area (Å²) in [5, 5.41) is 3.80. The van der Waals surface area contributed by atoms with Gasteiger partial charge < -0.3 is 24.0 Å². The summed E-state index contributed by atoms with van der Waals surface area (Å²) >= 11 is 1.44. The highest BCUT2D eigenvalue weighted by Gasteiger charge is 1.95. The zero-order valence-electron chi connectivity index (χ0n) is 7.90. The predicted octanol–water partition coefficient (Wildman–Crippen LogP) is -1.58. The fourth-order valence-corrected chi connectivity index (χ4v) is 1.46. The average molecular weight is 231 g/mol. The lowest BCUT2D eigenvalue weighted by Crippen LogP contribution is -3.00. The molecule has 0 bridgehead atoms. The van der Waals surface area contributed by atoms with E-state index in [1.165, 1.54) is 22.9 Å². The van der Waals surface area contributed by atoms with Gasteiger partial charge in [-0.3, -0.25) is 0 Å². The second-order valence-electron chi connectivity index (χ2n) is 2.74. The first-order valence-corrected chi connectivity index (χ1v) is 4.92. The Kier molecular flexibility index (Phi) is 6.16. The van der Waals surface area contributed by atoms with E-state index < -0.39 is 0 Å². The molecule has 0 aliphatic carbocycles. The summed E-state index contributed by atoms with van der Waals surface area (Å²) < 4.78 is 0. The van der Waals surface area contributed by atoms with Gasteiger partial charge >= 0.3 is 0 Å². The number of halogens is 1. The molecule has 0 saturated heterocycles. The molecule has 0 unspecified atom stereocenters. The molecule has 0 heterocycles. The second-order valence-corrected chi connectivity index (χ2v) is 3.74. The first-order valence-electron chi connectivity index (χ1n) is 3.94. The van der Waals surface area contributed by atoms with E-state index in [0.717, 1.165) is 5.75 Å². The molecule has 0 atom stereocenters. The van der Waals surface area contributed by atoms with E-state index in [-0.39, 0.29) is 12.4 Å². The van der Waals surface area contributed by atoms with Crippen molar-refractivity contribution in [2.75, 3.05) is 0 Å². The smallest absolute Gasteiger partial charge is 0.177 e. The molecule has 78 valence electrons. The summed E-state index contributed by atoms with van der Waals surface area (Å²) in [6.07, 6.45) is 0. The molecule has 0 saturated carbocycles. The Bertz CT molecular complexity index is 297. The number of rotatable bonds is 2. The Labute approximate surface area is 94.3 Å². The highest BCUT2D eigenvalue weighted by atomic mass is 35.5. The Morgan fingerprint density at radius 2 is 1.93 bits per heavy atom. The first-order chi connectivity index (χ1) is 6.22. The van der Waals surface area contributed by atoms with Gasteiger partial charge in [-0.15, -0.1) is 0 Å². The molecule has 0 radical (unpaired) electrons. The Hall–Kier alpha value is -0.870. The molecule has 0 aliphatic rings. The van der Waals surface area contributed by atoms with Gasteiger partial charge in [-0.2, -0.15) is 5.10 Å². The zero-order chi connectivity index (χ0) is 9.68. The highest BCUT2D eigenvalue weighted by molar-refractivity contribution is 8.13. The lowest BCUT2D eigenvalue weighted by atomic mass is 10.2. The van der Waals surface area contributed by atoms with Crippen molar-refractivity contribution in [1.82, 2.24) is 0 Å². The molecule has 4 N–H and O–H groups in total. The normalized spacial score (nSPS) is 10.8. The van der Waals surface area contributed by atoms with Crippen LogP contribution in [-0.4, -0.2) is 5.17 Å². The molecule has 14 heavy (non-hydrogen) atoms. The van der Waals surface area contributed by atoms with Crippen LogP contribution in [0.15, 0.2) is 29.4 Å². The first kappa shape index (κ1) is 13.1. The second kappa shape index (κ2) is 6.56. The van der Waals surface area contributed by atoms with E-state index in [0.29, 0.717) is 5.17 Å². The number of amidine groups is 1. The molecule has 3 nitrogen and oxygen atoms in total. The number of hydrazone groups is 1. The van der Waals surface area contributed by atoms with Crippen molar-refractivity contribution in [3.8, 4) is 0 Å². The molecule has 0 spiro atoms. The number of hydrogen-bond donors (Lipinski definition) is 2. The largest absolute Gasteiger partial charge is 1.00 e. The molecule has 0 fully saturated rings. The van der Waals surface area contributed by atoms with Gasteiger partial charge in [0, 0.05) is 5.75 Å². The minimum atomic E-state index is 0. The molecule has 0 aliphatic heterocycles. The fraction of sp³-hybridized carbons (Fsp3) is 0.222. The molecule has 0 amide bonds. The summed E-state index contributed by atoms with van der Waals surface area (Å²) in [5.74, 6) is 5.81. The SMILES string of the molecule is Cc1ccc(CS/C(N)=N/N)cc1.[Cl-]. The third-order valence-corrected chi connectivity index (χ3v) is 2.51. The van der Waals surface area contributed by atoms with Crippen molar-refractivity contribution in [1.29, 1.82) is 0 Å². The van der Waals surface area contributed by atoms with E-state index in [4.69, 9.17) is 11.6 Å². The van der Waals surface area contributed by atoms with Crippen LogP contribution in [0.3, 0.4) is 0 Å². The standard InChI is InChI=1S/C9H13N3S.ClH/c1-7-2-4-8(5-3-7)6-13-9(10)12-11;/h2-5H,6,11H2,1H3,(H2,10,12);1H/p-1. The van der Waals surface area contributed by atoms with Gasteiger partial charge in [-0.1, -0.05) is 41.6 Å². The summed E-state index contributed by atoms with van der Waals surface area (Å²) in [5.41, 5.74) is 7.92. The summed E-state index contributed by atoms with van der Waals surface area (Å²) in [6.45, 7) is 2.06. The van der Waals surface area contributed by atoms with Crippen molar-refractivity contribution in [3.63, 3.8) is 0 Å². The maximum atomic E-state index is 5.44. The van der Waals surface area contributed by atoms with Crippen LogP contribution in [0.5, 0.6) is 0 Å². The summed E-state index contributed by atoms with van der Waals surface area (Å²) in [7, 11) is 0. The van der Waals surface area contributed by atoms with Gasteiger partial charge in [0.1, 0.15) is 0 Å². The van der Waals surface area contributed by atoms with Gasteiger partial charge in [-0.05, 0) is 12.5 Å². The van der Waals surface area contributed by atoms with Crippen LogP contribution in [0.4, 0.5) is 0 Å². The molecule has 5 heteroatoms. The summed E-state index contributed by atoms with van der Waals surface area (Å²) in [4.78, 5) is 0.